The number of hydrogen-bond donors (Lipinski definition) is 2. The van der Waals surface area contributed by atoms with Crippen molar-refractivity contribution >= 4 is 0 Å². The van der Waals surface area contributed by atoms with Gasteiger partial charge in [-0.3, -0.25) is 0 Å². The molecule has 2 N–H and O–H groups in total. The SMILES string of the molecule is CCC(CC)CC(O)C(C)O. The minimum Gasteiger partial charge on any atom is -0.391 e. The molecule has 0 rings (SSSR count). The summed E-state index contributed by atoms with van der Waals surface area (Å²) in [4.78, 5) is 0. The van der Waals surface area contributed by atoms with Crippen LogP contribution in [0, 0.1) is 5.92 Å². The fraction of sp³-hybridized carbons (Fsp3) is 1.00. The Morgan fingerprint density at radius 1 is 1.09 bits per heavy atom. The molecule has 11 heavy (non-hydrogen) atoms. The van der Waals surface area contributed by atoms with E-state index in [9.17, 15) is 5.11 Å². The lowest BCUT2D eigenvalue weighted by Crippen LogP contribution is -2.25. The van der Waals surface area contributed by atoms with Crippen molar-refractivity contribution in [1.82, 2.24) is 0 Å². The number of hydrogen-bond acceptors (Lipinski definition) is 2. The molecule has 0 bridgehead atoms. The Morgan fingerprint density at radius 2 is 1.55 bits per heavy atom. The van der Waals surface area contributed by atoms with Crippen LogP contribution in [-0.4, -0.2) is 22.4 Å². The van der Waals surface area contributed by atoms with E-state index in [1.807, 2.05) is 0 Å². The van der Waals surface area contributed by atoms with Gasteiger partial charge in [-0.1, -0.05) is 26.7 Å². The Morgan fingerprint density at radius 3 is 1.82 bits per heavy atom. The summed E-state index contributed by atoms with van der Waals surface area (Å²) >= 11 is 0. The molecule has 0 radical (unpaired) electrons. The molecule has 0 amide bonds. The molecule has 0 aromatic rings. The molecule has 2 atom stereocenters. The highest BCUT2D eigenvalue weighted by atomic mass is 16.3. The lowest BCUT2D eigenvalue weighted by molar-refractivity contribution is 0.0151. The summed E-state index contributed by atoms with van der Waals surface area (Å²) in [5, 5.41) is 18.3. The molecule has 0 aromatic heterocycles. The summed E-state index contributed by atoms with van der Waals surface area (Å²) in [7, 11) is 0. The van der Waals surface area contributed by atoms with Crippen LogP contribution in [0.15, 0.2) is 0 Å². The van der Waals surface area contributed by atoms with Gasteiger partial charge in [0.2, 0.25) is 0 Å². The lowest BCUT2D eigenvalue weighted by Gasteiger charge is -2.19. The molecule has 0 aliphatic heterocycles. The first kappa shape index (κ1) is 10.9. The van der Waals surface area contributed by atoms with Gasteiger partial charge in [0.15, 0.2) is 0 Å². The van der Waals surface area contributed by atoms with Crippen molar-refractivity contribution in [3.63, 3.8) is 0 Å². The molecule has 0 heterocycles. The van der Waals surface area contributed by atoms with Gasteiger partial charge in [-0.15, -0.1) is 0 Å². The summed E-state index contributed by atoms with van der Waals surface area (Å²) in [6.07, 6.45) is 1.76. The molecule has 0 fully saturated rings. The number of aliphatic hydroxyl groups excluding tert-OH is 2. The van der Waals surface area contributed by atoms with Crippen LogP contribution in [-0.2, 0) is 0 Å². The van der Waals surface area contributed by atoms with Crippen molar-refractivity contribution < 1.29 is 10.2 Å². The van der Waals surface area contributed by atoms with Gasteiger partial charge in [0.05, 0.1) is 12.2 Å². The largest absolute Gasteiger partial charge is 0.391 e. The zero-order chi connectivity index (χ0) is 8.85. The molecule has 0 aliphatic rings. The molecule has 68 valence electrons. The van der Waals surface area contributed by atoms with E-state index in [1.165, 1.54) is 0 Å². The monoisotopic (exact) mass is 160 g/mol. The molecule has 2 unspecified atom stereocenters. The van der Waals surface area contributed by atoms with Crippen molar-refractivity contribution in [3.05, 3.63) is 0 Å². The third kappa shape index (κ3) is 4.38. The summed E-state index contributed by atoms with van der Waals surface area (Å²) in [6.45, 7) is 5.86. The second-order valence-electron chi connectivity index (χ2n) is 3.23. The van der Waals surface area contributed by atoms with E-state index >= 15 is 0 Å². The molecule has 2 nitrogen and oxygen atoms in total. The molecular formula is C9H20O2. The van der Waals surface area contributed by atoms with Gasteiger partial charge in [0.1, 0.15) is 0 Å². The van der Waals surface area contributed by atoms with Crippen molar-refractivity contribution in [3.8, 4) is 0 Å². The van der Waals surface area contributed by atoms with Crippen molar-refractivity contribution in [2.75, 3.05) is 0 Å². The highest BCUT2D eigenvalue weighted by Crippen LogP contribution is 2.16. The summed E-state index contributed by atoms with van der Waals surface area (Å²) in [6, 6.07) is 0. The van der Waals surface area contributed by atoms with Gasteiger partial charge >= 0.3 is 0 Å². The minimum atomic E-state index is -0.587. The topological polar surface area (TPSA) is 40.5 Å². The van der Waals surface area contributed by atoms with E-state index in [1.54, 1.807) is 6.92 Å². The van der Waals surface area contributed by atoms with E-state index in [-0.39, 0.29) is 0 Å². The van der Waals surface area contributed by atoms with Gasteiger partial charge in [-0.05, 0) is 19.3 Å². The van der Waals surface area contributed by atoms with E-state index in [0.717, 1.165) is 19.3 Å². The highest BCUT2D eigenvalue weighted by molar-refractivity contribution is 4.66. The zero-order valence-electron chi connectivity index (χ0n) is 7.75. The zero-order valence-corrected chi connectivity index (χ0v) is 7.75. The molecule has 0 saturated heterocycles. The average Bonchev–Trinajstić information content (AvgIpc) is 1.99. The maximum absolute atomic E-state index is 9.31. The summed E-state index contributed by atoms with van der Waals surface area (Å²) < 4.78 is 0. The van der Waals surface area contributed by atoms with E-state index < -0.39 is 12.2 Å². The first-order chi connectivity index (χ1) is 5.11. The lowest BCUT2D eigenvalue weighted by atomic mass is 9.94. The van der Waals surface area contributed by atoms with Crippen LogP contribution in [0.3, 0.4) is 0 Å². The maximum atomic E-state index is 9.31. The second-order valence-corrected chi connectivity index (χ2v) is 3.23. The van der Waals surface area contributed by atoms with Gasteiger partial charge in [-0.2, -0.15) is 0 Å². The molecule has 0 spiro atoms. The Balaban J connectivity index is 3.62. The van der Waals surface area contributed by atoms with Gasteiger partial charge in [0, 0.05) is 0 Å². The first-order valence-corrected chi connectivity index (χ1v) is 4.47. The minimum absolute atomic E-state index is 0.542. The van der Waals surface area contributed by atoms with Crippen molar-refractivity contribution in [1.29, 1.82) is 0 Å². The van der Waals surface area contributed by atoms with Gasteiger partial charge in [0.25, 0.3) is 0 Å². The van der Waals surface area contributed by atoms with Crippen LogP contribution in [0.5, 0.6) is 0 Å². The van der Waals surface area contributed by atoms with Crippen LogP contribution in [0.4, 0.5) is 0 Å². The van der Waals surface area contributed by atoms with Gasteiger partial charge < -0.3 is 10.2 Å². The smallest absolute Gasteiger partial charge is 0.0799 e. The standard InChI is InChI=1S/C9H20O2/c1-4-8(5-2)6-9(11)7(3)10/h7-11H,4-6H2,1-3H3. The predicted octanol–water partition coefficient (Wildman–Crippen LogP) is 1.55. The van der Waals surface area contributed by atoms with E-state index in [4.69, 9.17) is 5.11 Å². The third-order valence-electron chi connectivity index (χ3n) is 2.29. The Kier molecular flexibility index (Phi) is 5.51. The normalized spacial score (nSPS) is 16.9. The molecule has 2 heteroatoms. The molecule has 0 aromatic carbocycles. The second kappa shape index (κ2) is 5.56. The summed E-state index contributed by atoms with van der Waals surface area (Å²) in [5.74, 6) is 0.555. The van der Waals surface area contributed by atoms with Crippen LogP contribution in [0.1, 0.15) is 40.0 Å². The third-order valence-corrected chi connectivity index (χ3v) is 2.29. The van der Waals surface area contributed by atoms with Crippen molar-refractivity contribution in [2.24, 2.45) is 5.92 Å². The Labute approximate surface area is 69.2 Å². The van der Waals surface area contributed by atoms with E-state index in [2.05, 4.69) is 13.8 Å². The van der Waals surface area contributed by atoms with E-state index in [0.29, 0.717) is 5.92 Å². The number of aliphatic hydroxyl groups is 2. The Bertz CT molecular complexity index is 87.6. The quantitative estimate of drug-likeness (QED) is 0.640. The fourth-order valence-electron chi connectivity index (χ4n) is 1.16. The fourth-order valence-corrected chi connectivity index (χ4v) is 1.16. The highest BCUT2D eigenvalue weighted by Gasteiger charge is 2.15. The van der Waals surface area contributed by atoms with Crippen molar-refractivity contribution in [2.45, 2.75) is 52.2 Å². The predicted molar refractivity (Wildman–Crippen MR) is 46.4 cm³/mol. The molecule has 0 aliphatic carbocycles. The van der Waals surface area contributed by atoms with Crippen LogP contribution in [0.25, 0.3) is 0 Å². The maximum Gasteiger partial charge on any atom is 0.0799 e. The van der Waals surface area contributed by atoms with Crippen LogP contribution in [0.2, 0.25) is 0 Å². The summed E-state index contributed by atoms with van der Waals surface area (Å²) in [5.41, 5.74) is 0. The first-order valence-electron chi connectivity index (χ1n) is 4.47. The van der Waals surface area contributed by atoms with Crippen LogP contribution < -0.4 is 0 Å². The average molecular weight is 160 g/mol. The molecular weight excluding hydrogens is 140 g/mol. The molecule has 0 saturated carbocycles. The number of rotatable bonds is 5. The van der Waals surface area contributed by atoms with Crippen LogP contribution >= 0.6 is 0 Å². The Hall–Kier alpha value is -0.0800. The van der Waals surface area contributed by atoms with Gasteiger partial charge in [-0.25, -0.2) is 0 Å².